The Kier molecular flexibility index (Phi) is 2.93. The number of rotatable bonds is 4. The van der Waals surface area contributed by atoms with E-state index in [1.807, 2.05) is 25.3 Å². The van der Waals surface area contributed by atoms with E-state index in [0.717, 1.165) is 18.4 Å². The molecule has 1 unspecified atom stereocenters. The quantitative estimate of drug-likeness (QED) is 0.877. The summed E-state index contributed by atoms with van der Waals surface area (Å²) < 4.78 is 1.74. The molecule has 0 spiro atoms. The summed E-state index contributed by atoms with van der Waals surface area (Å²) in [6, 6.07) is 2.97. The van der Waals surface area contributed by atoms with Crippen molar-refractivity contribution in [2.75, 3.05) is 0 Å². The van der Waals surface area contributed by atoms with Crippen LogP contribution in [0.25, 0.3) is 5.65 Å². The molecule has 1 aliphatic rings. The van der Waals surface area contributed by atoms with Gasteiger partial charge in [0, 0.05) is 12.4 Å². The molecule has 104 valence electrons. The molecule has 1 amide bonds. The van der Waals surface area contributed by atoms with E-state index in [9.17, 15) is 9.59 Å². The predicted octanol–water partition coefficient (Wildman–Crippen LogP) is 1.24. The first kappa shape index (κ1) is 12.7. The molecular formula is C14H15N3O3. The fourth-order valence-corrected chi connectivity index (χ4v) is 2.22. The Morgan fingerprint density at radius 1 is 1.50 bits per heavy atom. The van der Waals surface area contributed by atoms with Gasteiger partial charge in [0.05, 0.1) is 0 Å². The van der Waals surface area contributed by atoms with Crippen LogP contribution in [0, 0.1) is 12.8 Å². The lowest BCUT2D eigenvalue weighted by Crippen LogP contribution is -2.42. The Bertz CT molecular complexity index is 688. The highest BCUT2D eigenvalue weighted by Crippen LogP contribution is 2.32. The van der Waals surface area contributed by atoms with Crippen molar-refractivity contribution >= 4 is 17.5 Å². The molecule has 2 aromatic rings. The van der Waals surface area contributed by atoms with Crippen LogP contribution in [0.15, 0.2) is 24.5 Å². The van der Waals surface area contributed by atoms with E-state index in [4.69, 9.17) is 5.11 Å². The van der Waals surface area contributed by atoms with Gasteiger partial charge in [-0.1, -0.05) is 0 Å². The number of hydrogen-bond acceptors (Lipinski definition) is 3. The Balaban J connectivity index is 1.82. The van der Waals surface area contributed by atoms with Crippen molar-refractivity contribution in [1.82, 2.24) is 14.7 Å². The molecule has 1 fully saturated rings. The van der Waals surface area contributed by atoms with E-state index < -0.39 is 17.9 Å². The number of carboxylic acid groups (broad SMARTS) is 1. The summed E-state index contributed by atoms with van der Waals surface area (Å²) in [6.07, 6.45) is 5.13. The highest BCUT2D eigenvalue weighted by atomic mass is 16.4. The summed E-state index contributed by atoms with van der Waals surface area (Å²) in [6.45, 7) is 1.95. The third kappa shape index (κ3) is 2.36. The van der Waals surface area contributed by atoms with Gasteiger partial charge in [0.2, 0.25) is 0 Å². The van der Waals surface area contributed by atoms with Gasteiger partial charge in [-0.15, -0.1) is 0 Å². The Hall–Kier alpha value is -2.37. The summed E-state index contributed by atoms with van der Waals surface area (Å²) in [4.78, 5) is 27.4. The molecule has 3 rings (SSSR count). The molecule has 20 heavy (non-hydrogen) atoms. The normalized spacial score (nSPS) is 16.1. The molecule has 2 heterocycles. The average Bonchev–Trinajstić information content (AvgIpc) is 3.14. The van der Waals surface area contributed by atoms with Crippen molar-refractivity contribution in [2.45, 2.75) is 25.8 Å². The number of imidazole rings is 1. The number of carbonyl (C=O) groups is 2. The van der Waals surface area contributed by atoms with Gasteiger partial charge in [0.25, 0.3) is 5.91 Å². The number of aliphatic carboxylic acids is 1. The maximum atomic E-state index is 12.1. The van der Waals surface area contributed by atoms with E-state index in [1.54, 1.807) is 10.6 Å². The fourth-order valence-electron chi connectivity index (χ4n) is 2.22. The van der Waals surface area contributed by atoms with Gasteiger partial charge in [0.15, 0.2) is 0 Å². The third-order valence-electron chi connectivity index (χ3n) is 3.49. The first-order valence-electron chi connectivity index (χ1n) is 6.53. The minimum atomic E-state index is -0.986. The Morgan fingerprint density at radius 3 is 2.90 bits per heavy atom. The topological polar surface area (TPSA) is 83.7 Å². The third-order valence-corrected chi connectivity index (χ3v) is 3.49. The maximum Gasteiger partial charge on any atom is 0.326 e. The maximum absolute atomic E-state index is 12.1. The van der Waals surface area contributed by atoms with E-state index in [1.165, 1.54) is 0 Å². The van der Waals surface area contributed by atoms with E-state index in [0.29, 0.717) is 5.65 Å². The molecule has 0 saturated heterocycles. The van der Waals surface area contributed by atoms with E-state index in [2.05, 4.69) is 10.3 Å². The first-order valence-corrected chi connectivity index (χ1v) is 6.53. The van der Waals surface area contributed by atoms with Crippen molar-refractivity contribution in [1.29, 1.82) is 0 Å². The first-order chi connectivity index (χ1) is 9.54. The molecule has 6 nitrogen and oxygen atoms in total. The molecule has 1 saturated carbocycles. The molecule has 6 heteroatoms. The standard InChI is InChI=1S/C14H15N3O3/c1-8-4-5-17-7-10(15-11(17)6-8)13(18)16-12(14(19)20)9-2-3-9/h4-7,9,12H,2-3H2,1H3,(H,16,18)(H,19,20). The minimum absolute atomic E-state index is 0.0516. The molecule has 1 aliphatic carbocycles. The molecular weight excluding hydrogens is 258 g/mol. The molecule has 2 N–H and O–H groups in total. The Labute approximate surface area is 115 Å². The van der Waals surface area contributed by atoms with Crippen LogP contribution in [-0.4, -0.2) is 32.4 Å². The van der Waals surface area contributed by atoms with Crippen molar-refractivity contribution in [2.24, 2.45) is 5.92 Å². The lowest BCUT2D eigenvalue weighted by molar-refractivity contribution is -0.139. The number of amides is 1. The fraction of sp³-hybridized carbons (Fsp3) is 0.357. The smallest absolute Gasteiger partial charge is 0.326 e. The van der Waals surface area contributed by atoms with Crippen LogP contribution in [0.3, 0.4) is 0 Å². The predicted molar refractivity (Wildman–Crippen MR) is 71.5 cm³/mol. The lowest BCUT2D eigenvalue weighted by atomic mass is 10.2. The van der Waals surface area contributed by atoms with Crippen LogP contribution in [0.4, 0.5) is 0 Å². The molecule has 0 aromatic carbocycles. The minimum Gasteiger partial charge on any atom is -0.480 e. The second kappa shape index (κ2) is 4.63. The van der Waals surface area contributed by atoms with Gasteiger partial charge in [0.1, 0.15) is 17.4 Å². The second-order valence-corrected chi connectivity index (χ2v) is 5.22. The van der Waals surface area contributed by atoms with Gasteiger partial charge < -0.3 is 14.8 Å². The van der Waals surface area contributed by atoms with E-state index in [-0.39, 0.29) is 11.6 Å². The van der Waals surface area contributed by atoms with Crippen LogP contribution in [0.1, 0.15) is 28.9 Å². The summed E-state index contributed by atoms with van der Waals surface area (Å²) in [5.41, 5.74) is 1.97. The Morgan fingerprint density at radius 2 is 2.25 bits per heavy atom. The number of pyridine rings is 1. The number of fused-ring (bicyclic) bond motifs is 1. The number of hydrogen-bond donors (Lipinski definition) is 2. The zero-order chi connectivity index (χ0) is 14.3. The van der Waals surface area contributed by atoms with Gasteiger partial charge in [-0.25, -0.2) is 9.78 Å². The summed E-state index contributed by atoms with van der Waals surface area (Å²) in [5.74, 6) is -1.37. The van der Waals surface area contributed by atoms with Gasteiger partial charge in [-0.3, -0.25) is 4.79 Å². The van der Waals surface area contributed by atoms with Gasteiger partial charge >= 0.3 is 5.97 Å². The highest BCUT2D eigenvalue weighted by Gasteiger charge is 2.37. The average molecular weight is 273 g/mol. The van der Waals surface area contributed by atoms with Crippen molar-refractivity contribution in [3.63, 3.8) is 0 Å². The number of carbonyl (C=O) groups excluding carboxylic acids is 1. The van der Waals surface area contributed by atoms with Crippen LogP contribution < -0.4 is 5.32 Å². The van der Waals surface area contributed by atoms with Crippen LogP contribution in [-0.2, 0) is 4.79 Å². The van der Waals surface area contributed by atoms with Gasteiger partial charge in [-0.2, -0.15) is 0 Å². The molecule has 2 aromatic heterocycles. The van der Waals surface area contributed by atoms with Gasteiger partial charge in [-0.05, 0) is 43.4 Å². The number of nitrogens with zero attached hydrogens (tertiary/aromatic N) is 2. The highest BCUT2D eigenvalue weighted by molar-refractivity contribution is 5.95. The zero-order valence-electron chi connectivity index (χ0n) is 11.0. The van der Waals surface area contributed by atoms with Crippen molar-refractivity contribution in [3.8, 4) is 0 Å². The molecule has 0 aliphatic heterocycles. The molecule has 1 atom stereocenters. The lowest BCUT2D eigenvalue weighted by Gasteiger charge is -2.11. The number of nitrogens with one attached hydrogen (secondary N) is 1. The number of aromatic nitrogens is 2. The summed E-state index contributed by atoms with van der Waals surface area (Å²) in [5, 5.41) is 11.7. The monoisotopic (exact) mass is 273 g/mol. The summed E-state index contributed by atoms with van der Waals surface area (Å²) in [7, 11) is 0. The number of aryl methyl sites for hydroxylation is 1. The number of carboxylic acids is 1. The second-order valence-electron chi connectivity index (χ2n) is 5.22. The molecule has 0 bridgehead atoms. The van der Waals surface area contributed by atoms with Crippen molar-refractivity contribution < 1.29 is 14.7 Å². The zero-order valence-corrected chi connectivity index (χ0v) is 11.0. The molecule has 0 radical (unpaired) electrons. The van der Waals surface area contributed by atoms with Crippen LogP contribution in [0.2, 0.25) is 0 Å². The van der Waals surface area contributed by atoms with Crippen LogP contribution >= 0.6 is 0 Å². The van der Waals surface area contributed by atoms with E-state index >= 15 is 0 Å². The SMILES string of the molecule is Cc1ccn2cc(C(=O)NC(C(=O)O)C3CC3)nc2c1. The summed E-state index contributed by atoms with van der Waals surface area (Å²) >= 11 is 0. The largest absolute Gasteiger partial charge is 0.480 e. The van der Waals surface area contributed by atoms with Crippen LogP contribution in [0.5, 0.6) is 0 Å². The van der Waals surface area contributed by atoms with Crippen molar-refractivity contribution in [3.05, 3.63) is 35.8 Å².